The smallest absolute Gasteiger partial charge is 0.155 e. The van der Waals surface area contributed by atoms with Crippen LogP contribution in [-0.4, -0.2) is 11.4 Å². The average molecular weight is 204 g/mol. The van der Waals surface area contributed by atoms with Crippen LogP contribution in [0.1, 0.15) is 43.2 Å². The molecule has 0 radical (unpaired) electrons. The molecular formula is C13H16O2. The first-order valence-corrected chi connectivity index (χ1v) is 5.43. The van der Waals surface area contributed by atoms with E-state index in [4.69, 9.17) is 0 Å². The van der Waals surface area contributed by atoms with E-state index in [0.717, 1.165) is 11.1 Å². The molecule has 0 bridgehead atoms. The van der Waals surface area contributed by atoms with Crippen LogP contribution in [0.15, 0.2) is 24.3 Å². The molecule has 1 aromatic rings. The zero-order valence-corrected chi connectivity index (χ0v) is 8.94. The monoisotopic (exact) mass is 204 g/mol. The van der Waals surface area contributed by atoms with E-state index in [0.29, 0.717) is 12.2 Å². The molecule has 80 valence electrons. The minimum atomic E-state index is -1.34. The molecule has 1 aliphatic carbocycles. The Balaban J connectivity index is 2.41. The summed E-state index contributed by atoms with van der Waals surface area (Å²) in [5.74, 6) is 0.535. The first kappa shape index (κ1) is 10.4. The second-order valence-corrected chi connectivity index (χ2v) is 4.48. The predicted octanol–water partition coefficient (Wildman–Crippen LogP) is 2.36. The van der Waals surface area contributed by atoms with Crippen LogP contribution in [0.5, 0.6) is 0 Å². The number of rotatable bonds is 3. The zero-order chi connectivity index (χ0) is 10.9. The van der Waals surface area contributed by atoms with E-state index < -0.39 is 5.60 Å². The molecule has 0 aliphatic heterocycles. The summed E-state index contributed by atoms with van der Waals surface area (Å²) in [7, 11) is 0. The van der Waals surface area contributed by atoms with Crippen molar-refractivity contribution >= 4 is 6.29 Å². The minimum absolute atomic E-state index is 0.535. The lowest BCUT2D eigenvalue weighted by Gasteiger charge is -2.30. The SMILES string of the molecule is CC(O)(C=O)c1ccccc1C1CCC1. The van der Waals surface area contributed by atoms with Crippen molar-refractivity contribution in [3.05, 3.63) is 35.4 Å². The van der Waals surface area contributed by atoms with E-state index in [1.165, 1.54) is 19.3 Å². The molecule has 1 N–H and O–H groups in total. The highest BCUT2D eigenvalue weighted by atomic mass is 16.3. The largest absolute Gasteiger partial charge is 0.378 e. The molecule has 1 atom stereocenters. The Morgan fingerprint density at radius 2 is 2.07 bits per heavy atom. The van der Waals surface area contributed by atoms with Crippen molar-refractivity contribution in [3.8, 4) is 0 Å². The maximum Gasteiger partial charge on any atom is 0.155 e. The minimum Gasteiger partial charge on any atom is -0.378 e. The van der Waals surface area contributed by atoms with E-state index in [1.807, 2.05) is 24.3 Å². The van der Waals surface area contributed by atoms with Gasteiger partial charge in [0.1, 0.15) is 5.60 Å². The number of hydrogen-bond acceptors (Lipinski definition) is 2. The van der Waals surface area contributed by atoms with Gasteiger partial charge < -0.3 is 5.11 Å². The topological polar surface area (TPSA) is 37.3 Å². The summed E-state index contributed by atoms with van der Waals surface area (Å²) >= 11 is 0. The Morgan fingerprint density at radius 3 is 2.60 bits per heavy atom. The van der Waals surface area contributed by atoms with E-state index >= 15 is 0 Å². The van der Waals surface area contributed by atoms with Gasteiger partial charge in [0.15, 0.2) is 6.29 Å². The molecule has 2 heteroatoms. The van der Waals surface area contributed by atoms with Crippen LogP contribution in [0.3, 0.4) is 0 Å². The fourth-order valence-corrected chi connectivity index (χ4v) is 2.10. The van der Waals surface area contributed by atoms with Gasteiger partial charge in [0.25, 0.3) is 0 Å². The molecule has 1 aliphatic rings. The van der Waals surface area contributed by atoms with Crippen molar-refractivity contribution < 1.29 is 9.90 Å². The van der Waals surface area contributed by atoms with Crippen molar-refractivity contribution in [2.45, 2.75) is 37.7 Å². The van der Waals surface area contributed by atoms with Crippen molar-refractivity contribution in [3.63, 3.8) is 0 Å². The number of carbonyl (C=O) groups is 1. The van der Waals surface area contributed by atoms with Crippen molar-refractivity contribution in [1.29, 1.82) is 0 Å². The fraction of sp³-hybridized carbons (Fsp3) is 0.462. The molecule has 0 amide bonds. The predicted molar refractivity (Wildman–Crippen MR) is 58.7 cm³/mol. The van der Waals surface area contributed by atoms with Crippen LogP contribution in [0, 0.1) is 0 Å². The van der Waals surface area contributed by atoms with Gasteiger partial charge in [-0.2, -0.15) is 0 Å². The molecule has 0 saturated heterocycles. The number of benzene rings is 1. The summed E-state index contributed by atoms with van der Waals surface area (Å²) in [6.07, 6.45) is 4.21. The second-order valence-electron chi connectivity index (χ2n) is 4.48. The Bertz CT molecular complexity index is 365. The summed E-state index contributed by atoms with van der Waals surface area (Å²) < 4.78 is 0. The van der Waals surface area contributed by atoms with Crippen LogP contribution in [0.4, 0.5) is 0 Å². The lowest BCUT2D eigenvalue weighted by atomic mass is 9.75. The Labute approximate surface area is 89.9 Å². The fourth-order valence-electron chi connectivity index (χ4n) is 2.10. The molecule has 15 heavy (non-hydrogen) atoms. The summed E-state index contributed by atoms with van der Waals surface area (Å²) in [6.45, 7) is 1.55. The van der Waals surface area contributed by atoms with Crippen LogP contribution in [0.25, 0.3) is 0 Å². The van der Waals surface area contributed by atoms with Crippen LogP contribution >= 0.6 is 0 Å². The molecule has 2 rings (SSSR count). The van der Waals surface area contributed by atoms with Gasteiger partial charge in [-0.1, -0.05) is 30.7 Å². The summed E-state index contributed by atoms with van der Waals surface area (Å²) in [5, 5.41) is 9.98. The summed E-state index contributed by atoms with van der Waals surface area (Å²) in [5.41, 5.74) is 0.567. The van der Waals surface area contributed by atoms with E-state index in [2.05, 4.69) is 0 Å². The molecular weight excluding hydrogens is 188 g/mol. The molecule has 1 saturated carbocycles. The number of aliphatic hydroxyl groups is 1. The van der Waals surface area contributed by atoms with Crippen LogP contribution in [0.2, 0.25) is 0 Å². The highest BCUT2D eigenvalue weighted by Gasteiger charge is 2.29. The van der Waals surface area contributed by atoms with Crippen molar-refractivity contribution in [1.82, 2.24) is 0 Å². The quantitative estimate of drug-likeness (QED) is 0.767. The van der Waals surface area contributed by atoms with Gasteiger partial charge in [-0.3, -0.25) is 4.79 Å². The third-order valence-electron chi connectivity index (χ3n) is 3.28. The van der Waals surface area contributed by atoms with Gasteiger partial charge in [0.05, 0.1) is 0 Å². The highest BCUT2D eigenvalue weighted by Crippen LogP contribution is 2.40. The van der Waals surface area contributed by atoms with Gasteiger partial charge in [-0.05, 0) is 36.8 Å². The molecule has 0 spiro atoms. The molecule has 1 unspecified atom stereocenters. The molecule has 2 nitrogen and oxygen atoms in total. The molecule has 1 fully saturated rings. The third-order valence-corrected chi connectivity index (χ3v) is 3.28. The van der Waals surface area contributed by atoms with Crippen molar-refractivity contribution in [2.24, 2.45) is 0 Å². The average Bonchev–Trinajstić information content (AvgIpc) is 2.16. The summed E-state index contributed by atoms with van der Waals surface area (Å²) in [4.78, 5) is 10.9. The highest BCUT2D eigenvalue weighted by molar-refractivity contribution is 5.66. The summed E-state index contributed by atoms with van der Waals surface area (Å²) in [6, 6.07) is 7.71. The maximum atomic E-state index is 10.9. The first-order valence-electron chi connectivity index (χ1n) is 5.43. The van der Waals surface area contributed by atoms with Gasteiger partial charge in [0.2, 0.25) is 0 Å². The number of carbonyl (C=O) groups excluding carboxylic acids is 1. The van der Waals surface area contributed by atoms with Gasteiger partial charge in [-0.15, -0.1) is 0 Å². The first-order chi connectivity index (χ1) is 7.15. The second kappa shape index (κ2) is 3.78. The molecule has 0 heterocycles. The Kier molecular flexibility index (Phi) is 2.61. The van der Waals surface area contributed by atoms with E-state index in [-0.39, 0.29) is 0 Å². The Hall–Kier alpha value is -1.15. The van der Waals surface area contributed by atoms with Gasteiger partial charge in [0, 0.05) is 0 Å². The maximum absolute atomic E-state index is 10.9. The third kappa shape index (κ3) is 1.82. The lowest BCUT2D eigenvalue weighted by molar-refractivity contribution is -0.123. The normalized spacial score (nSPS) is 20.4. The van der Waals surface area contributed by atoms with E-state index in [1.54, 1.807) is 6.92 Å². The standard InChI is InChI=1S/C13H16O2/c1-13(15,9-14)12-8-3-2-7-11(12)10-5-4-6-10/h2-3,7-10,15H,4-6H2,1H3. The number of hydrogen-bond donors (Lipinski definition) is 1. The van der Waals surface area contributed by atoms with Crippen molar-refractivity contribution in [2.75, 3.05) is 0 Å². The van der Waals surface area contributed by atoms with E-state index in [9.17, 15) is 9.90 Å². The molecule has 1 aromatic carbocycles. The Morgan fingerprint density at radius 1 is 1.40 bits per heavy atom. The van der Waals surface area contributed by atoms with Crippen LogP contribution in [-0.2, 0) is 10.4 Å². The van der Waals surface area contributed by atoms with Gasteiger partial charge >= 0.3 is 0 Å². The lowest BCUT2D eigenvalue weighted by Crippen LogP contribution is -2.26. The number of aldehydes is 1. The van der Waals surface area contributed by atoms with Crippen LogP contribution < -0.4 is 0 Å². The zero-order valence-electron chi connectivity index (χ0n) is 8.94. The molecule has 0 aromatic heterocycles. The van der Waals surface area contributed by atoms with Gasteiger partial charge in [-0.25, -0.2) is 0 Å².